The molecule has 2 heterocycles. The van der Waals surface area contributed by atoms with E-state index in [-0.39, 0.29) is 24.2 Å². The van der Waals surface area contributed by atoms with Gasteiger partial charge in [0.1, 0.15) is 5.82 Å². The molecule has 1 aliphatic rings. The number of fused-ring (bicyclic) bond motifs is 2. The molecule has 5 rings (SSSR count). The van der Waals surface area contributed by atoms with Gasteiger partial charge < -0.3 is 10.0 Å². The first-order valence-corrected chi connectivity index (χ1v) is 10.8. The van der Waals surface area contributed by atoms with Crippen LogP contribution in [0.2, 0.25) is 0 Å². The van der Waals surface area contributed by atoms with Crippen molar-refractivity contribution in [1.82, 2.24) is 4.57 Å². The number of aromatic nitrogens is 1. The van der Waals surface area contributed by atoms with E-state index < -0.39 is 0 Å². The molecule has 1 N–H and O–H groups in total. The fraction of sp³-hybridized carbons (Fsp3) is 0.222. The van der Waals surface area contributed by atoms with Crippen molar-refractivity contribution in [3.05, 3.63) is 112 Å². The van der Waals surface area contributed by atoms with Crippen LogP contribution in [0.5, 0.6) is 0 Å². The van der Waals surface area contributed by atoms with Gasteiger partial charge in [-0.2, -0.15) is 0 Å². The maximum absolute atomic E-state index is 13.5. The lowest BCUT2D eigenvalue weighted by molar-refractivity contribution is 0.258. The minimum absolute atomic E-state index is 0.0272. The van der Waals surface area contributed by atoms with Crippen LogP contribution in [0.3, 0.4) is 0 Å². The lowest BCUT2D eigenvalue weighted by Gasteiger charge is -2.28. The number of aliphatic hydroxyl groups excluding tert-OH is 1. The zero-order valence-corrected chi connectivity index (χ0v) is 17.4. The third-order valence-electron chi connectivity index (χ3n) is 6.29. The number of nitrogens with zero attached hydrogens (tertiary/aromatic N) is 2. The van der Waals surface area contributed by atoms with E-state index in [4.69, 9.17) is 0 Å². The second-order valence-electron chi connectivity index (χ2n) is 8.29. The van der Waals surface area contributed by atoms with Gasteiger partial charge in [-0.05, 0) is 41.5 Å². The predicted molar refractivity (Wildman–Crippen MR) is 126 cm³/mol. The Morgan fingerprint density at radius 1 is 0.871 bits per heavy atom. The number of anilines is 1. The van der Waals surface area contributed by atoms with Crippen molar-refractivity contribution in [3.63, 3.8) is 0 Å². The van der Waals surface area contributed by atoms with Gasteiger partial charge >= 0.3 is 0 Å². The number of aliphatic hydroxyl groups is 1. The molecule has 31 heavy (non-hydrogen) atoms. The summed E-state index contributed by atoms with van der Waals surface area (Å²) in [4.78, 5) is 15.7. The maximum Gasteiger partial charge on any atom is 0.260 e. The standard InChI is InChI=1S/C27H26N2O2/c30-19-24(16-21-11-5-2-6-12-21)28-18-23(15-20-9-3-1-4-10-20)29-26(28)17-22-13-7-8-14-25(22)27(29)31/h1-14,17,23-24,30H,15-16,18-19H2/t23-,24-/m1/s1. The minimum Gasteiger partial charge on any atom is -0.394 e. The highest BCUT2D eigenvalue weighted by Gasteiger charge is 2.34. The number of hydrogen-bond donors (Lipinski definition) is 1. The van der Waals surface area contributed by atoms with E-state index in [9.17, 15) is 9.90 Å². The molecule has 2 atom stereocenters. The molecule has 0 radical (unpaired) electrons. The quantitative estimate of drug-likeness (QED) is 0.518. The van der Waals surface area contributed by atoms with E-state index in [2.05, 4.69) is 35.2 Å². The van der Waals surface area contributed by atoms with Crippen molar-refractivity contribution >= 4 is 16.6 Å². The molecule has 3 aromatic carbocycles. The Bertz CT molecular complexity index is 1230. The Morgan fingerprint density at radius 2 is 1.52 bits per heavy atom. The average molecular weight is 411 g/mol. The molecule has 1 aromatic heterocycles. The van der Waals surface area contributed by atoms with Gasteiger partial charge in [-0.15, -0.1) is 0 Å². The Kier molecular flexibility index (Phi) is 5.31. The van der Waals surface area contributed by atoms with Gasteiger partial charge in [0.15, 0.2) is 0 Å². The summed E-state index contributed by atoms with van der Waals surface area (Å²) in [5, 5.41) is 12.0. The minimum atomic E-state index is -0.0880. The highest BCUT2D eigenvalue weighted by Crippen LogP contribution is 2.34. The van der Waals surface area contributed by atoms with Crippen LogP contribution < -0.4 is 10.5 Å². The summed E-state index contributed by atoms with van der Waals surface area (Å²) in [6.45, 7) is 0.743. The smallest absolute Gasteiger partial charge is 0.260 e. The van der Waals surface area contributed by atoms with Crippen molar-refractivity contribution < 1.29 is 5.11 Å². The molecule has 4 heteroatoms. The molecule has 0 spiro atoms. The molecule has 0 saturated carbocycles. The van der Waals surface area contributed by atoms with Crippen LogP contribution >= 0.6 is 0 Å². The second kappa shape index (κ2) is 8.40. The zero-order chi connectivity index (χ0) is 21.2. The largest absolute Gasteiger partial charge is 0.394 e. The summed E-state index contributed by atoms with van der Waals surface area (Å²) in [6.07, 6.45) is 1.52. The van der Waals surface area contributed by atoms with Crippen molar-refractivity contribution in [2.24, 2.45) is 0 Å². The molecule has 0 bridgehead atoms. The number of benzene rings is 3. The molecule has 0 saturated heterocycles. The van der Waals surface area contributed by atoms with Gasteiger partial charge in [-0.3, -0.25) is 9.36 Å². The highest BCUT2D eigenvalue weighted by atomic mass is 16.3. The molecule has 4 nitrogen and oxygen atoms in total. The number of hydrogen-bond acceptors (Lipinski definition) is 3. The Balaban J connectivity index is 1.58. The van der Waals surface area contributed by atoms with Crippen molar-refractivity contribution in [3.8, 4) is 0 Å². The molecule has 1 aliphatic heterocycles. The van der Waals surface area contributed by atoms with Crippen LogP contribution in [0.1, 0.15) is 17.2 Å². The topological polar surface area (TPSA) is 45.5 Å². The van der Waals surface area contributed by atoms with Crippen molar-refractivity contribution in [1.29, 1.82) is 0 Å². The first-order valence-electron chi connectivity index (χ1n) is 10.8. The normalized spacial score (nSPS) is 16.4. The summed E-state index contributed by atoms with van der Waals surface area (Å²) in [7, 11) is 0. The molecular formula is C27H26N2O2. The van der Waals surface area contributed by atoms with Gasteiger partial charge in [-0.25, -0.2) is 0 Å². The Morgan fingerprint density at radius 3 is 2.23 bits per heavy atom. The number of pyridine rings is 1. The fourth-order valence-corrected chi connectivity index (χ4v) is 4.77. The summed E-state index contributed by atoms with van der Waals surface area (Å²) >= 11 is 0. The Labute approximate surface area is 182 Å². The predicted octanol–water partition coefficient (Wildman–Crippen LogP) is 4.21. The molecule has 4 aromatic rings. The van der Waals surface area contributed by atoms with Crippen LogP contribution in [-0.2, 0) is 12.8 Å². The molecule has 0 amide bonds. The van der Waals surface area contributed by atoms with Crippen molar-refractivity contribution in [2.75, 3.05) is 18.1 Å². The van der Waals surface area contributed by atoms with Gasteiger partial charge in [-0.1, -0.05) is 78.9 Å². The summed E-state index contributed by atoms with van der Waals surface area (Å²) in [6, 6.07) is 30.4. The van der Waals surface area contributed by atoms with E-state index in [0.717, 1.165) is 29.4 Å². The summed E-state index contributed by atoms with van der Waals surface area (Å²) < 4.78 is 1.95. The van der Waals surface area contributed by atoms with E-state index >= 15 is 0 Å². The summed E-state index contributed by atoms with van der Waals surface area (Å²) in [5.74, 6) is 0.902. The number of rotatable bonds is 6. The highest BCUT2D eigenvalue weighted by molar-refractivity contribution is 5.84. The van der Waals surface area contributed by atoms with E-state index in [1.165, 1.54) is 11.1 Å². The van der Waals surface area contributed by atoms with Gasteiger partial charge in [0.05, 0.1) is 18.7 Å². The first-order chi connectivity index (χ1) is 15.2. The zero-order valence-electron chi connectivity index (χ0n) is 17.4. The molecular weight excluding hydrogens is 384 g/mol. The van der Waals surface area contributed by atoms with Crippen LogP contribution in [-0.4, -0.2) is 28.9 Å². The lowest BCUT2D eigenvalue weighted by atomic mass is 10.0. The second-order valence-corrected chi connectivity index (χ2v) is 8.29. The van der Waals surface area contributed by atoms with E-state index in [0.29, 0.717) is 6.54 Å². The fourth-order valence-electron chi connectivity index (χ4n) is 4.77. The first kappa shape index (κ1) is 19.6. The third kappa shape index (κ3) is 3.75. The van der Waals surface area contributed by atoms with Crippen LogP contribution in [0.25, 0.3) is 10.8 Å². The summed E-state index contributed by atoms with van der Waals surface area (Å²) in [5.41, 5.74) is 2.44. The van der Waals surface area contributed by atoms with Crippen LogP contribution in [0.15, 0.2) is 95.8 Å². The molecule has 0 aliphatic carbocycles. The van der Waals surface area contributed by atoms with Gasteiger partial charge in [0.2, 0.25) is 0 Å². The monoisotopic (exact) mass is 410 g/mol. The molecule has 0 fully saturated rings. The average Bonchev–Trinajstić information content (AvgIpc) is 3.17. The van der Waals surface area contributed by atoms with Crippen molar-refractivity contribution in [2.45, 2.75) is 24.9 Å². The lowest BCUT2D eigenvalue weighted by Crippen LogP contribution is -2.39. The van der Waals surface area contributed by atoms with Crippen LogP contribution in [0, 0.1) is 0 Å². The Hall–Kier alpha value is -3.37. The van der Waals surface area contributed by atoms with E-state index in [1.54, 1.807) is 0 Å². The van der Waals surface area contributed by atoms with Gasteiger partial charge in [0.25, 0.3) is 5.56 Å². The molecule has 156 valence electrons. The maximum atomic E-state index is 13.5. The van der Waals surface area contributed by atoms with Gasteiger partial charge in [0, 0.05) is 11.9 Å². The molecule has 0 unspecified atom stereocenters. The van der Waals surface area contributed by atoms with E-state index in [1.807, 2.05) is 65.2 Å². The SMILES string of the molecule is O=c1c2ccccc2cc2n1[C@H](Cc1ccccc1)CN2[C@@H](CO)Cc1ccccc1. The third-order valence-corrected chi connectivity index (χ3v) is 6.29. The van der Waals surface area contributed by atoms with Crippen LogP contribution in [0.4, 0.5) is 5.82 Å².